The number of anilines is 2. The smallest absolute Gasteiger partial charge is 0.135 e. The average Bonchev–Trinajstić information content (AvgIpc) is 3.08. The van der Waals surface area contributed by atoms with Gasteiger partial charge in [0.25, 0.3) is 0 Å². The fourth-order valence-corrected chi connectivity index (χ4v) is 7.71. The topological polar surface area (TPSA) is 58.3 Å². The van der Waals surface area contributed by atoms with E-state index >= 15 is 0 Å². The van der Waals surface area contributed by atoms with Gasteiger partial charge in [-0.2, -0.15) is 0 Å². The molecule has 214 valence electrons. The van der Waals surface area contributed by atoms with E-state index in [4.69, 9.17) is 15.7 Å². The van der Waals surface area contributed by atoms with E-state index in [0.29, 0.717) is 18.9 Å². The number of alkyl halides is 1. The van der Waals surface area contributed by atoms with E-state index in [0.717, 1.165) is 82.5 Å². The monoisotopic (exact) mass is 535 g/mol. The Bertz CT molecular complexity index is 1110. The van der Waals surface area contributed by atoms with Gasteiger partial charge in [0.05, 0.1) is 5.69 Å². The normalized spacial score (nSPS) is 26.0. The maximum atomic E-state index is 14.6. The molecule has 1 aromatic carbocycles. The van der Waals surface area contributed by atoms with Gasteiger partial charge in [0.15, 0.2) is 0 Å². The first-order chi connectivity index (χ1) is 19.0. The fraction of sp³-hybridized carbons (Fsp3) is 0.697. The van der Waals surface area contributed by atoms with Crippen molar-refractivity contribution in [3.63, 3.8) is 0 Å². The zero-order chi connectivity index (χ0) is 27.4. The zero-order valence-corrected chi connectivity index (χ0v) is 24.7. The summed E-state index contributed by atoms with van der Waals surface area (Å²) in [6, 6.07) is 6.51. The first-order valence-corrected chi connectivity index (χ1v) is 15.9. The van der Waals surface area contributed by atoms with Gasteiger partial charge in [0.1, 0.15) is 17.8 Å². The van der Waals surface area contributed by atoms with Crippen molar-refractivity contribution >= 4 is 11.5 Å². The zero-order valence-electron chi connectivity index (χ0n) is 24.7. The molecule has 0 amide bonds. The van der Waals surface area contributed by atoms with Crippen LogP contribution in [0.3, 0.4) is 0 Å². The summed E-state index contributed by atoms with van der Waals surface area (Å²) in [4.78, 5) is 15.5. The summed E-state index contributed by atoms with van der Waals surface area (Å²) in [7, 11) is 0. The highest BCUT2D eigenvalue weighted by molar-refractivity contribution is 5.53. The third-order valence-corrected chi connectivity index (χ3v) is 9.88. The molecule has 1 aliphatic carbocycles. The molecule has 2 saturated heterocycles. The molecule has 2 fully saturated rings. The van der Waals surface area contributed by atoms with E-state index in [9.17, 15) is 4.39 Å². The van der Waals surface area contributed by atoms with Gasteiger partial charge in [-0.05, 0) is 93.5 Å². The Morgan fingerprint density at radius 1 is 1.05 bits per heavy atom. The Balaban J connectivity index is 1.47. The largest absolute Gasteiger partial charge is 0.399 e. The minimum absolute atomic E-state index is 0.0741. The number of nitrogens with two attached hydrogens (primary N) is 1. The summed E-state index contributed by atoms with van der Waals surface area (Å²) >= 11 is 0. The van der Waals surface area contributed by atoms with Crippen LogP contribution in [0.15, 0.2) is 18.2 Å². The molecule has 3 heterocycles. The number of hydrogen-bond donors (Lipinski definition) is 1. The molecule has 0 saturated carbocycles. The molecule has 2 aliphatic heterocycles. The summed E-state index contributed by atoms with van der Waals surface area (Å²) in [5, 5.41) is 0. The van der Waals surface area contributed by atoms with Crippen molar-refractivity contribution in [3.05, 3.63) is 46.4 Å². The first kappa shape index (κ1) is 28.3. The standard InChI is InChI=1S/C33H50FN5/c1-4-11-24-12-14-27(35)21-29(24)25-13-15-28-30(20-25)36-31(37-32(28)38-18-9-7-8-10-19-38)16-17-33(5-2)22-26(34)23-39(33)6-3/h12,14,21,25-26H,4-11,13,15-20,22-23,35H2,1-3H3/t25?,26?,33-/m1/s1. The average molecular weight is 536 g/mol. The number of nitrogens with zero attached hydrogens (tertiary/aromatic N) is 4. The highest BCUT2D eigenvalue weighted by Gasteiger charge is 2.43. The molecule has 6 heteroatoms. The summed E-state index contributed by atoms with van der Waals surface area (Å²) in [6.07, 6.45) is 13.1. The van der Waals surface area contributed by atoms with Gasteiger partial charge in [0.2, 0.25) is 0 Å². The molecule has 2 aromatic rings. The highest BCUT2D eigenvalue weighted by Crippen LogP contribution is 2.40. The molecule has 39 heavy (non-hydrogen) atoms. The molecule has 5 nitrogen and oxygen atoms in total. The molecular formula is C33H50FN5. The van der Waals surface area contributed by atoms with Crippen LogP contribution in [0.2, 0.25) is 0 Å². The van der Waals surface area contributed by atoms with Gasteiger partial charge in [0, 0.05) is 42.8 Å². The molecule has 3 atom stereocenters. The molecule has 0 bridgehead atoms. The van der Waals surface area contributed by atoms with Gasteiger partial charge in [-0.15, -0.1) is 0 Å². The Kier molecular flexibility index (Phi) is 9.10. The number of fused-ring (bicyclic) bond motifs is 1. The summed E-state index contributed by atoms with van der Waals surface area (Å²) < 4.78 is 14.6. The Labute approximate surface area is 235 Å². The predicted molar refractivity (Wildman–Crippen MR) is 160 cm³/mol. The number of aryl methyl sites for hydroxylation is 2. The maximum absolute atomic E-state index is 14.6. The highest BCUT2D eigenvalue weighted by atomic mass is 19.1. The van der Waals surface area contributed by atoms with Crippen LogP contribution in [-0.2, 0) is 25.7 Å². The quantitative estimate of drug-likeness (QED) is 0.358. The van der Waals surface area contributed by atoms with E-state index < -0.39 is 6.17 Å². The van der Waals surface area contributed by atoms with Crippen molar-refractivity contribution < 1.29 is 4.39 Å². The Morgan fingerprint density at radius 2 is 1.85 bits per heavy atom. The molecule has 0 spiro atoms. The second kappa shape index (κ2) is 12.5. The van der Waals surface area contributed by atoms with E-state index in [2.05, 4.69) is 48.8 Å². The van der Waals surface area contributed by atoms with Crippen LogP contribution in [0.1, 0.15) is 113 Å². The molecule has 2 N–H and O–H groups in total. The predicted octanol–water partition coefficient (Wildman–Crippen LogP) is 6.81. The Morgan fingerprint density at radius 3 is 2.56 bits per heavy atom. The van der Waals surface area contributed by atoms with Gasteiger partial charge >= 0.3 is 0 Å². The van der Waals surface area contributed by atoms with Gasteiger partial charge in [-0.3, -0.25) is 4.90 Å². The van der Waals surface area contributed by atoms with Crippen LogP contribution in [0.25, 0.3) is 0 Å². The lowest BCUT2D eigenvalue weighted by molar-refractivity contribution is 0.128. The second-order valence-corrected chi connectivity index (χ2v) is 12.4. The molecule has 1 aromatic heterocycles. The summed E-state index contributed by atoms with van der Waals surface area (Å²) in [5.41, 5.74) is 12.5. The first-order valence-electron chi connectivity index (χ1n) is 15.9. The molecule has 5 rings (SSSR count). The minimum Gasteiger partial charge on any atom is -0.399 e. The van der Waals surface area contributed by atoms with Crippen LogP contribution >= 0.6 is 0 Å². The van der Waals surface area contributed by atoms with Crippen molar-refractivity contribution in [1.29, 1.82) is 0 Å². The fourth-order valence-electron chi connectivity index (χ4n) is 7.71. The number of halogens is 1. The lowest BCUT2D eigenvalue weighted by atomic mass is 9.79. The number of benzene rings is 1. The van der Waals surface area contributed by atoms with Gasteiger partial charge < -0.3 is 10.6 Å². The van der Waals surface area contributed by atoms with Crippen LogP contribution in [0.5, 0.6) is 0 Å². The second-order valence-electron chi connectivity index (χ2n) is 12.4. The number of nitrogen functional groups attached to an aromatic ring is 1. The van der Waals surface area contributed by atoms with Crippen LogP contribution in [0.4, 0.5) is 15.9 Å². The van der Waals surface area contributed by atoms with Crippen molar-refractivity contribution in [2.45, 2.75) is 122 Å². The van der Waals surface area contributed by atoms with Crippen LogP contribution < -0.4 is 10.6 Å². The van der Waals surface area contributed by atoms with E-state index in [1.165, 1.54) is 53.9 Å². The SMILES string of the molecule is CCCc1ccc(N)cc1C1CCc2c(nc(CC[C@]3(CC)CC(F)CN3CC)nc2N2CCCCCC2)C1. The summed E-state index contributed by atoms with van der Waals surface area (Å²) in [6.45, 7) is 10.3. The Hall–Kier alpha value is -2.21. The van der Waals surface area contributed by atoms with Crippen molar-refractivity contribution in [2.75, 3.05) is 36.8 Å². The van der Waals surface area contributed by atoms with Crippen molar-refractivity contribution in [2.24, 2.45) is 0 Å². The van der Waals surface area contributed by atoms with Gasteiger partial charge in [-0.1, -0.05) is 46.1 Å². The molecule has 2 unspecified atom stereocenters. The lowest BCUT2D eigenvalue weighted by Crippen LogP contribution is -2.43. The third kappa shape index (κ3) is 6.11. The third-order valence-electron chi connectivity index (χ3n) is 9.88. The number of hydrogen-bond acceptors (Lipinski definition) is 5. The number of likely N-dealkylation sites (tertiary alicyclic amines) is 1. The van der Waals surface area contributed by atoms with E-state index in [-0.39, 0.29) is 5.54 Å². The number of aromatic nitrogens is 2. The van der Waals surface area contributed by atoms with Crippen molar-refractivity contribution in [1.82, 2.24) is 14.9 Å². The lowest BCUT2D eigenvalue weighted by Gasteiger charge is -2.37. The van der Waals surface area contributed by atoms with Crippen molar-refractivity contribution in [3.8, 4) is 0 Å². The maximum Gasteiger partial charge on any atom is 0.135 e. The minimum atomic E-state index is -0.724. The molecular weight excluding hydrogens is 485 g/mol. The molecule has 0 radical (unpaired) electrons. The van der Waals surface area contributed by atoms with E-state index in [1.54, 1.807) is 0 Å². The van der Waals surface area contributed by atoms with Crippen LogP contribution in [-0.4, -0.2) is 52.8 Å². The van der Waals surface area contributed by atoms with E-state index in [1.807, 2.05) is 0 Å². The number of rotatable bonds is 9. The van der Waals surface area contributed by atoms with Crippen LogP contribution in [0, 0.1) is 0 Å². The van der Waals surface area contributed by atoms with Gasteiger partial charge in [-0.25, -0.2) is 14.4 Å². The summed E-state index contributed by atoms with van der Waals surface area (Å²) in [5.74, 6) is 2.60. The molecule has 3 aliphatic rings.